The van der Waals surface area contributed by atoms with Gasteiger partial charge >= 0.3 is 6.09 Å². The van der Waals surface area contributed by atoms with Gasteiger partial charge in [0, 0.05) is 11.0 Å². The van der Waals surface area contributed by atoms with Crippen LogP contribution >= 0.6 is 15.9 Å². The molecule has 2 rings (SSSR count). The van der Waals surface area contributed by atoms with Crippen molar-refractivity contribution in [3.63, 3.8) is 0 Å². The van der Waals surface area contributed by atoms with Gasteiger partial charge in [-0.1, -0.05) is 28.1 Å². The molecule has 0 atom stereocenters. The van der Waals surface area contributed by atoms with Gasteiger partial charge < -0.3 is 9.47 Å². The summed E-state index contributed by atoms with van der Waals surface area (Å²) in [5, 5.41) is 0.689. The minimum Gasteiger partial charge on any atom is -0.497 e. The molecule has 2 aromatic rings. The zero-order valence-corrected chi connectivity index (χ0v) is 17.5. The van der Waals surface area contributed by atoms with Gasteiger partial charge in [0.05, 0.1) is 13.7 Å². The van der Waals surface area contributed by atoms with Crippen LogP contribution in [0.1, 0.15) is 37.6 Å². The molecule has 1 heterocycles. The zero-order valence-electron chi connectivity index (χ0n) is 15.9. The summed E-state index contributed by atoms with van der Waals surface area (Å²) in [7, 11) is 1.63. The molecule has 26 heavy (non-hydrogen) atoms. The molecule has 0 saturated carbocycles. The van der Waals surface area contributed by atoms with E-state index in [1.807, 2.05) is 64.1 Å². The van der Waals surface area contributed by atoms with Crippen LogP contribution in [0.15, 0.2) is 36.4 Å². The maximum absolute atomic E-state index is 12.8. The minimum atomic E-state index is -0.586. The third-order valence-electron chi connectivity index (χ3n) is 3.54. The first-order valence-electron chi connectivity index (χ1n) is 8.39. The summed E-state index contributed by atoms with van der Waals surface area (Å²) in [5.74, 6) is 1.34. The van der Waals surface area contributed by atoms with E-state index in [4.69, 9.17) is 9.47 Å². The smallest absolute Gasteiger partial charge is 0.416 e. The molecule has 0 aliphatic heterocycles. The van der Waals surface area contributed by atoms with Crippen molar-refractivity contribution in [1.29, 1.82) is 0 Å². The van der Waals surface area contributed by atoms with E-state index < -0.39 is 11.7 Å². The maximum Gasteiger partial charge on any atom is 0.416 e. The van der Waals surface area contributed by atoms with Crippen LogP contribution in [0, 0.1) is 6.92 Å². The van der Waals surface area contributed by atoms with Crippen LogP contribution in [0.4, 0.5) is 10.6 Å². The lowest BCUT2D eigenvalue weighted by Gasteiger charge is -2.27. The first-order valence-corrected chi connectivity index (χ1v) is 9.51. The monoisotopic (exact) mass is 420 g/mol. The number of carbonyl (C=O) groups is 1. The van der Waals surface area contributed by atoms with Gasteiger partial charge in [0.2, 0.25) is 0 Å². The fraction of sp³-hybridized carbons (Fsp3) is 0.400. The van der Waals surface area contributed by atoms with Gasteiger partial charge in [0.15, 0.2) is 0 Å². The number of benzene rings is 1. The molecule has 0 N–H and O–H groups in total. The average molecular weight is 421 g/mol. The topological polar surface area (TPSA) is 51.7 Å². The van der Waals surface area contributed by atoms with Gasteiger partial charge in [-0.2, -0.15) is 0 Å². The molecule has 0 radical (unpaired) electrons. The molecule has 1 aromatic carbocycles. The number of hydrogen-bond acceptors (Lipinski definition) is 4. The summed E-state index contributed by atoms with van der Waals surface area (Å²) in [6.07, 6.45) is -0.424. The lowest BCUT2D eigenvalue weighted by atomic mass is 10.2. The number of aryl methyl sites for hydroxylation is 1. The van der Waals surface area contributed by atoms with Crippen LogP contribution in [0.2, 0.25) is 0 Å². The number of alkyl halides is 1. The van der Waals surface area contributed by atoms with Gasteiger partial charge in [-0.05, 0) is 63.1 Å². The number of methoxy groups -OCH3 is 1. The van der Waals surface area contributed by atoms with E-state index in [-0.39, 0.29) is 0 Å². The number of amides is 1. The van der Waals surface area contributed by atoms with Gasteiger partial charge in [-0.3, -0.25) is 4.90 Å². The maximum atomic E-state index is 12.8. The van der Waals surface area contributed by atoms with E-state index in [1.165, 1.54) is 0 Å². The predicted octanol–water partition coefficient (Wildman–Crippen LogP) is 5.24. The summed E-state index contributed by atoms with van der Waals surface area (Å²) in [6.45, 7) is 7.82. The third kappa shape index (κ3) is 5.73. The van der Waals surface area contributed by atoms with Crippen LogP contribution in [-0.4, -0.2) is 23.8 Å². The predicted molar refractivity (Wildman–Crippen MR) is 107 cm³/mol. The van der Waals surface area contributed by atoms with E-state index in [1.54, 1.807) is 12.0 Å². The Hall–Kier alpha value is -2.08. The third-order valence-corrected chi connectivity index (χ3v) is 4.19. The number of pyridine rings is 1. The molecule has 5 nitrogen and oxygen atoms in total. The second-order valence-electron chi connectivity index (χ2n) is 7.02. The van der Waals surface area contributed by atoms with Crippen LogP contribution < -0.4 is 9.64 Å². The van der Waals surface area contributed by atoms with Gasteiger partial charge in [-0.25, -0.2) is 9.78 Å². The van der Waals surface area contributed by atoms with E-state index in [2.05, 4.69) is 20.9 Å². The van der Waals surface area contributed by atoms with Gasteiger partial charge in [-0.15, -0.1) is 0 Å². The van der Waals surface area contributed by atoms with Crippen LogP contribution in [0.3, 0.4) is 0 Å². The van der Waals surface area contributed by atoms with Crippen molar-refractivity contribution in [3.8, 4) is 5.75 Å². The number of ether oxygens (including phenoxy) is 2. The van der Waals surface area contributed by atoms with E-state index in [9.17, 15) is 4.79 Å². The number of nitrogens with zero attached hydrogens (tertiary/aromatic N) is 2. The molecular weight excluding hydrogens is 396 g/mol. The molecular formula is C20H25BrN2O3. The molecule has 140 valence electrons. The molecule has 0 bridgehead atoms. The molecule has 0 saturated heterocycles. The van der Waals surface area contributed by atoms with E-state index >= 15 is 0 Å². The largest absolute Gasteiger partial charge is 0.497 e. The minimum absolute atomic E-state index is 0.358. The number of anilines is 1. The Morgan fingerprint density at radius 3 is 2.35 bits per heavy atom. The highest BCUT2D eigenvalue weighted by Gasteiger charge is 2.25. The summed E-state index contributed by atoms with van der Waals surface area (Å²) in [4.78, 5) is 18.9. The highest BCUT2D eigenvalue weighted by Crippen LogP contribution is 2.23. The van der Waals surface area contributed by atoms with Crippen molar-refractivity contribution in [2.75, 3.05) is 12.0 Å². The van der Waals surface area contributed by atoms with Crippen LogP contribution in [0.25, 0.3) is 0 Å². The van der Waals surface area contributed by atoms with Crippen LogP contribution in [0.5, 0.6) is 5.75 Å². The normalized spacial score (nSPS) is 11.2. The zero-order chi connectivity index (χ0) is 19.3. The quantitative estimate of drug-likeness (QED) is 0.620. The summed E-state index contributed by atoms with van der Waals surface area (Å²) in [6, 6.07) is 11.5. The lowest BCUT2D eigenvalue weighted by Crippen LogP contribution is -2.37. The van der Waals surface area contributed by atoms with E-state index in [0.29, 0.717) is 17.7 Å². The number of rotatable bonds is 5. The lowest BCUT2D eigenvalue weighted by molar-refractivity contribution is 0.0576. The number of aromatic nitrogens is 1. The molecule has 1 amide bonds. The highest BCUT2D eigenvalue weighted by atomic mass is 79.9. The average Bonchev–Trinajstić information content (AvgIpc) is 2.58. The highest BCUT2D eigenvalue weighted by molar-refractivity contribution is 9.08. The standard InChI is InChI=1S/C20H25BrN2O3/c1-14-10-16(12-21)11-18(22-14)23(19(24)26-20(2,3)4)13-15-6-8-17(25-5)9-7-15/h6-11H,12-13H2,1-5H3. The second kappa shape index (κ2) is 8.54. The summed E-state index contributed by atoms with van der Waals surface area (Å²) >= 11 is 3.47. The van der Waals surface area contributed by atoms with Gasteiger partial charge in [0.1, 0.15) is 17.2 Å². The fourth-order valence-corrected chi connectivity index (χ4v) is 2.73. The molecule has 6 heteroatoms. The molecule has 0 fully saturated rings. The SMILES string of the molecule is COc1ccc(CN(C(=O)OC(C)(C)C)c2cc(CBr)cc(C)n2)cc1. The van der Waals surface area contributed by atoms with Crippen molar-refractivity contribution >= 4 is 27.8 Å². The Kier molecular flexibility index (Phi) is 6.64. The first kappa shape index (κ1) is 20.2. The van der Waals surface area contributed by atoms with Crippen molar-refractivity contribution in [2.24, 2.45) is 0 Å². The van der Waals surface area contributed by atoms with E-state index in [0.717, 1.165) is 22.6 Å². The molecule has 0 aliphatic carbocycles. The first-order chi connectivity index (χ1) is 12.2. The van der Waals surface area contributed by atoms with Crippen molar-refractivity contribution in [3.05, 3.63) is 53.2 Å². The number of halogens is 1. The molecule has 0 unspecified atom stereocenters. The van der Waals surface area contributed by atoms with Crippen molar-refractivity contribution < 1.29 is 14.3 Å². The van der Waals surface area contributed by atoms with Crippen LogP contribution in [-0.2, 0) is 16.6 Å². The second-order valence-corrected chi connectivity index (χ2v) is 7.58. The van der Waals surface area contributed by atoms with Gasteiger partial charge in [0.25, 0.3) is 0 Å². The summed E-state index contributed by atoms with van der Waals surface area (Å²) in [5.41, 5.74) is 2.27. The Bertz CT molecular complexity index is 755. The Morgan fingerprint density at radius 1 is 1.15 bits per heavy atom. The Labute approximate surface area is 163 Å². The Balaban J connectivity index is 2.37. The van der Waals surface area contributed by atoms with Crippen molar-refractivity contribution in [1.82, 2.24) is 4.98 Å². The van der Waals surface area contributed by atoms with Crippen molar-refractivity contribution in [2.45, 2.75) is 45.2 Å². The molecule has 1 aromatic heterocycles. The number of hydrogen-bond donors (Lipinski definition) is 0. The molecule has 0 spiro atoms. The molecule has 0 aliphatic rings. The fourth-order valence-electron chi connectivity index (χ4n) is 2.41. The summed E-state index contributed by atoms with van der Waals surface area (Å²) < 4.78 is 10.8. The Morgan fingerprint density at radius 2 is 1.81 bits per heavy atom. The number of carbonyl (C=O) groups excluding carboxylic acids is 1.